The van der Waals surface area contributed by atoms with Crippen LogP contribution in [0.4, 0.5) is 0 Å². The number of ether oxygens (including phenoxy) is 1. The van der Waals surface area contributed by atoms with Gasteiger partial charge in [0.15, 0.2) is 12.4 Å². The molecular weight excluding hydrogens is 418 g/mol. The number of para-hydroxylation sites is 1. The molecule has 1 atom stereocenters. The summed E-state index contributed by atoms with van der Waals surface area (Å²) in [7, 11) is -4.16. The Bertz CT molecular complexity index is 1080. The first-order valence-corrected chi connectivity index (χ1v) is 11.7. The van der Waals surface area contributed by atoms with Gasteiger partial charge >= 0.3 is 16.1 Å². The quantitative estimate of drug-likeness (QED) is 0.498. The first-order chi connectivity index (χ1) is 14.7. The molecule has 1 aliphatic rings. The van der Waals surface area contributed by atoms with E-state index in [2.05, 4.69) is 0 Å². The van der Waals surface area contributed by atoms with Crippen LogP contribution in [0.25, 0.3) is 0 Å². The highest BCUT2D eigenvalue weighted by Gasteiger charge is 2.26. The Morgan fingerprint density at radius 1 is 1.10 bits per heavy atom. The van der Waals surface area contributed by atoms with Gasteiger partial charge in [-0.1, -0.05) is 24.3 Å². The SMILES string of the molecule is Cc1ccc(C)c(S(=O)(=O)Oc2ccccc2C(=O)OCC(=O)N2CCCC[C@@H]2C)c1. The summed E-state index contributed by atoms with van der Waals surface area (Å²) in [6.45, 7) is 5.67. The lowest BCUT2D eigenvalue weighted by atomic mass is 10.0. The molecule has 31 heavy (non-hydrogen) atoms. The molecule has 1 saturated heterocycles. The second-order valence-corrected chi connectivity index (χ2v) is 9.33. The zero-order valence-corrected chi connectivity index (χ0v) is 18.8. The van der Waals surface area contributed by atoms with Crippen LogP contribution in [0.1, 0.15) is 47.7 Å². The molecule has 166 valence electrons. The second-order valence-electron chi connectivity index (χ2n) is 7.81. The summed E-state index contributed by atoms with van der Waals surface area (Å²) in [5.41, 5.74) is 1.24. The van der Waals surface area contributed by atoms with Crippen LogP contribution in [0.3, 0.4) is 0 Å². The van der Waals surface area contributed by atoms with Crippen LogP contribution in [-0.2, 0) is 19.6 Å². The Kier molecular flexibility index (Phi) is 7.00. The molecule has 1 heterocycles. The fourth-order valence-electron chi connectivity index (χ4n) is 3.60. The molecule has 7 nitrogen and oxygen atoms in total. The van der Waals surface area contributed by atoms with E-state index in [1.807, 2.05) is 6.92 Å². The third-order valence-electron chi connectivity index (χ3n) is 5.37. The molecular formula is C23H27NO6S. The summed E-state index contributed by atoms with van der Waals surface area (Å²) >= 11 is 0. The van der Waals surface area contributed by atoms with Gasteiger partial charge in [0.2, 0.25) is 0 Å². The van der Waals surface area contributed by atoms with E-state index in [0.29, 0.717) is 12.1 Å². The lowest BCUT2D eigenvalue weighted by Gasteiger charge is -2.33. The minimum atomic E-state index is -4.16. The van der Waals surface area contributed by atoms with E-state index in [-0.39, 0.29) is 28.2 Å². The molecule has 1 fully saturated rings. The van der Waals surface area contributed by atoms with Crippen LogP contribution in [0, 0.1) is 13.8 Å². The van der Waals surface area contributed by atoms with Crippen molar-refractivity contribution in [1.29, 1.82) is 0 Å². The molecule has 3 rings (SSSR count). The summed E-state index contributed by atoms with van der Waals surface area (Å²) in [5, 5.41) is 0. The van der Waals surface area contributed by atoms with Crippen LogP contribution in [0.2, 0.25) is 0 Å². The highest BCUT2D eigenvalue weighted by Crippen LogP contribution is 2.26. The number of benzene rings is 2. The van der Waals surface area contributed by atoms with E-state index in [1.54, 1.807) is 43.0 Å². The van der Waals surface area contributed by atoms with Crippen LogP contribution < -0.4 is 4.18 Å². The average molecular weight is 446 g/mol. The van der Waals surface area contributed by atoms with Gasteiger partial charge in [-0.25, -0.2) is 4.79 Å². The Morgan fingerprint density at radius 3 is 2.58 bits per heavy atom. The molecule has 0 aromatic heterocycles. The van der Waals surface area contributed by atoms with E-state index >= 15 is 0 Å². The van der Waals surface area contributed by atoms with Crippen molar-refractivity contribution in [2.24, 2.45) is 0 Å². The van der Waals surface area contributed by atoms with Crippen LogP contribution >= 0.6 is 0 Å². The zero-order valence-electron chi connectivity index (χ0n) is 18.0. The summed E-state index contributed by atoms with van der Waals surface area (Å²) in [6.07, 6.45) is 2.92. The van der Waals surface area contributed by atoms with Crippen molar-refractivity contribution in [3.63, 3.8) is 0 Å². The standard InChI is InChI=1S/C23H27NO6S/c1-16-11-12-17(2)21(14-16)31(27,28)30-20-10-5-4-9-19(20)23(26)29-15-22(25)24-13-7-6-8-18(24)3/h4-5,9-12,14,18H,6-8,13,15H2,1-3H3/t18-/m0/s1. The molecule has 2 aromatic rings. The maximum atomic E-state index is 12.8. The van der Waals surface area contributed by atoms with Crippen molar-refractivity contribution in [2.45, 2.75) is 51.0 Å². The number of carbonyl (C=O) groups is 2. The Morgan fingerprint density at radius 2 is 1.84 bits per heavy atom. The van der Waals surface area contributed by atoms with Gasteiger partial charge < -0.3 is 13.8 Å². The molecule has 8 heteroatoms. The largest absolute Gasteiger partial charge is 0.452 e. The summed E-state index contributed by atoms with van der Waals surface area (Å²) in [6, 6.07) is 11.0. The number of hydrogen-bond acceptors (Lipinski definition) is 6. The number of esters is 1. The average Bonchev–Trinajstić information content (AvgIpc) is 2.74. The number of piperidine rings is 1. The molecule has 0 bridgehead atoms. The molecule has 0 saturated carbocycles. The Labute approximate surface area is 183 Å². The third kappa shape index (κ3) is 5.44. The number of likely N-dealkylation sites (tertiary alicyclic amines) is 1. The number of amides is 1. The number of rotatable bonds is 6. The van der Waals surface area contributed by atoms with Gasteiger partial charge in [0.25, 0.3) is 5.91 Å². The number of aryl methyl sites for hydroxylation is 2. The minimum absolute atomic E-state index is 0.0323. The van der Waals surface area contributed by atoms with Gasteiger partial charge in [0.05, 0.1) is 0 Å². The van der Waals surface area contributed by atoms with E-state index in [0.717, 1.165) is 24.8 Å². The van der Waals surface area contributed by atoms with Gasteiger partial charge in [0, 0.05) is 12.6 Å². The Balaban J connectivity index is 1.74. The molecule has 0 radical (unpaired) electrons. The molecule has 0 unspecified atom stereocenters. The summed E-state index contributed by atoms with van der Waals surface area (Å²) in [4.78, 5) is 26.8. The molecule has 0 aliphatic carbocycles. The zero-order chi connectivity index (χ0) is 22.6. The minimum Gasteiger partial charge on any atom is -0.452 e. The van der Waals surface area contributed by atoms with Gasteiger partial charge in [-0.15, -0.1) is 0 Å². The monoisotopic (exact) mass is 445 g/mol. The van der Waals surface area contributed by atoms with E-state index in [9.17, 15) is 18.0 Å². The van der Waals surface area contributed by atoms with Crippen LogP contribution in [0.5, 0.6) is 5.75 Å². The number of nitrogens with zero attached hydrogens (tertiary/aromatic N) is 1. The van der Waals surface area contributed by atoms with Crippen molar-refractivity contribution in [3.05, 3.63) is 59.2 Å². The van der Waals surface area contributed by atoms with Crippen molar-refractivity contribution in [3.8, 4) is 5.75 Å². The van der Waals surface area contributed by atoms with Gasteiger partial charge in [0.1, 0.15) is 10.5 Å². The number of hydrogen-bond donors (Lipinski definition) is 0. The first-order valence-electron chi connectivity index (χ1n) is 10.3. The first kappa shape index (κ1) is 22.8. The van der Waals surface area contributed by atoms with Gasteiger partial charge in [-0.3, -0.25) is 4.79 Å². The van der Waals surface area contributed by atoms with E-state index in [1.165, 1.54) is 18.2 Å². The summed E-state index contributed by atoms with van der Waals surface area (Å²) < 4.78 is 36.1. The summed E-state index contributed by atoms with van der Waals surface area (Å²) in [5.74, 6) is -1.22. The topological polar surface area (TPSA) is 90.0 Å². The lowest BCUT2D eigenvalue weighted by molar-refractivity contribution is -0.137. The highest BCUT2D eigenvalue weighted by atomic mass is 32.2. The maximum absolute atomic E-state index is 12.8. The predicted molar refractivity (Wildman–Crippen MR) is 115 cm³/mol. The molecule has 1 amide bonds. The maximum Gasteiger partial charge on any atom is 0.342 e. The molecule has 2 aromatic carbocycles. The van der Waals surface area contributed by atoms with E-state index in [4.69, 9.17) is 8.92 Å². The fraction of sp³-hybridized carbons (Fsp3) is 0.391. The van der Waals surface area contributed by atoms with Crippen molar-refractivity contribution < 1.29 is 26.9 Å². The Hall–Kier alpha value is -2.87. The van der Waals surface area contributed by atoms with Crippen molar-refractivity contribution in [1.82, 2.24) is 4.90 Å². The van der Waals surface area contributed by atoms with Gasteiger partial charge in [-0.2, -0.15) is 8.42 Å². The van der Waals surface area contributed by atoms with Crippen LogP contribution in [-0.4, -0.2) is 44.4 Å². The normalized spacial score (nSPS) is 16.6. The molecule has 0 spiro atoms. The van der Waals surface area contributed by atoms with Crippen molar-refractivity contribution in [2.75, 3.05) is 13.2 Å². The lowest BCUT2D eigenvalue weighted by Crippen LogP contribution is -2.44. The van der Waals surface area contributed by atoms with Crippen molar-refractivity contribution >= 4 is 22.0 Å². The fourth-order valence-corrected chi connectivity index (χ4v) is 4.87. The highest BCUT2D eigenvalue weighted by molar-refractivity contribution is 7.87. The third-order valence-corrected chi connectivity index (χ3v) is 6.75. The number of carbonyl (C=O) groups excluding carboxylic acids is 2. The van der Waals surface area contributed by atoms with Crippen LogP contribution in [0.15, 0.2) is 47.4 Å². The molecule has 0 N–H and O–H groups in total. The second kappa shape index (κ2) is 9.51. The van der Waals surface area contributed by atoms with E-state index < -0.39 is 22.7 Å². The predicted octanol–water partition coefficient (Wildman–Crippen LogP) is 3.63. The smallest absolute Gasteiger partial charge is 0.342 e. The van der Waals surface area contributed by atoms with Gasteiger partial charge in [-0.05, 0) is 69.4 Å². The molecule has 1 aliphatic heterocycles.